The summed E-state index contributed by atoms with van der Waals surface area (Å²) in [6, 6.07) is 7.73. The largest absolute Gasteiger partial charge is 0.504 e. The lowest BCUT2D eigenvalue weighted by Crippen LogP contribution is -2.41. The highest BCUT2D eigenvalue weighted by Gasteiger charge is 2.26. The fourth-order valence-corrected chi connectivity index (χ4v) is 4.50. The highest BCUT2D eigenvalue weighted by Crippen LogP contribution is 2.34. The van der Waals surface area contributed by atoms with Crippen LogP contribution in [0, 0.1) is 0 Å². The normalized spacial score (nSPS) is 16.3. The first-order chi connectivity index (χ1) is 21.7. The van der Waals surface area contributed by atoms with Crippen LogP contribution in [0.25, 0.3) is 0 Å². The summed E-state index contributed by atoms with van der Waals surface area (Å²) >= 11 is 0. The molecule has 2 heterocycles. The monoisotopic (exact) mass is 665 g/mol. The van der Waals surface area contributed by atoms with Gasteiger partial charge in [-0.05, 0) is 71.8 Å². The van der Waals surface area contributed by atoms with Crippen LogP contribution >= 0.6 is 0 Å². The zero-order valence-corrected chi connectivity index (χ0v) is 25.1. The maximum absolute atomic E-state index is 10.7. The van der Waals surface area contributed by atoms with Gasteiger partial charge in [-0.1, -0.05) is 12.1 Å². The number of phenols is 6. The van der Waals surface area contributed by atoms with Gasteiger partial charge >= 0.3 is 17.9 Å². The highest BCUT2D eigenvalue weighted by molar-refractivity contribution is 5.75. The number of hydrogen-bond acceptors (Lipinski definition) is 13. The molecular formula is C30H39N3O14. The number of nitrogens with one attached hydrogen (secondary N) is 2. The molecule has 0 spiro atoms. The lowest BCUT2D eigenvalue weighted by Gasteiger charge is -2.23. The number of aliphatic hydroxyl groups is 1. The Morgan fingerprint density at radius 2 is 1.19 bits per heavy atom. The molecule has 0 fully saturated rings. The minimum atomic E-state index is -1.10. The number of carbonyl (C=O) groups is 3. The van der Waals surface area contributed by atoms with Crippen LogP contribution in [0.3, 0.4) is 0 Å². The molecule has 0 saturated carbocycles. The Balaban J connectivity index is 0.000000340. The molecule has 47 heavy (non-hydrogen) atoms. The van der Waals surface area contributed by atoms with E-state index in [-0.39, 0.29) is 52.9 Å². The number of aliphatic hydroxyl groups excluding tert-OH is 1. The van der Waals surface area contributed by atoms with E-state index in [1.54, 1.807) is 6.07 Å². The lowest BCUT2D eigenvalue weighted by molar-refractivity contribution is -0.140. The topological polar surface area (TPSA) is 335 Å². The second-order valence-electron chi connectivity index (χ2n) is 10.1. The molecule has 2 aliphatic rings. The van der Waals surface area contributed by atoms with Gasteiger partial charge < -0.3 is 67.6 Å². The maximum Gasteiger partial charge on any atom is 0.321 e. The molecule has 17 heteroatoms. The minimum Gasteiger partial charge on any atom is -0.504 e. The van der Waals surface area contributed by atoms with Crippen molar-refractivity contribution in [3.63, 3.8) is 0 Å². The highest BCUT2D eigenvalue weighted by atomic mass is 16.4. The van der Waals surface area contributed by atoms with Crippen LogP contribution in [-0.2, 0) is 46.7 Å². The summed E-state index contributed by atoms with van der Waals surface area (Å²) in [4.78, 5) is 31.9. The number of phenolic OH excluding ortho intramolecular Hbond substituents is 6. The van der Waals surface area contributed by atoms with E-state index in [1.165, 1.54) is 36.4 Å². The smallest absolute Gasteiger partial charge is 0.321 e. The SMILES string of the molecule is CO.NC(Cc1ccc(O)c(O)c1)C(=O)O.O.O=C(O)C1Cc2cc(O)c(O)cc2CN1.O=C(O)C1Cc2ccc(O)c(O)c2CN1. The Morgan fingerprint density at radius 3 is 1.72 bits per heavy atom. The standard InChI is InChI=1S/2C10H11NO4.C9H11NO4.CH4O.H2O/c12-8-2-5-1-7(10(14)15)11-4-6(5)3-9(8)13;12-8-2-1-5-3-7(10(14)15)11-4-6(5)9(8)13;10-6(9(13)14)3-5-1-2-7(11)8(12)4-5;1-2;/h2-3,7,11-13H,1,4H2,(H,14,15);1-2,7,11-13H,3-4H2,(H,14,15);1-2,4,6,11-12H,3,10H2,(H,13,14);2H,1H3;1H2. The fourth-order valence-electron chi connectivity index (χ4n) is 4.50. The van der Waals surface area contributed by atoms with E-state index >= 15 is 0 Å². The average Bonchev–Trinajstić information content (AvgIpc) is 3.02. The van der Waals surface area contributed by atoms with Crippen LogP contribution in [0.4, 0.5) is 0 Å². The van der Waals surface area contributed by atoms with Gasteiger partial charge in [-0.15, -0.1) is 0 Å². The van der Waals surface area contributed by atoms with E-state index < -0.39 is 36.0 Å². The van der Waals surface area contributed by atoms with Gasteiger partial charge in [-0.2, -0.15) is 0 Å². The molecule has 3 aromatic carbocycles. The van der Waals surface area contributed by atoms with Gasteiger partial charge in [-0.25, -0.2) is 0 Å². The predicted molar refractivity (Wildman–Crippen MR) is 164 cm³/mol. The Morgan fingerprint density at radius 1 is 0.702 bits per heavy atom. The molecule has 258 valence electrons. The van der Waals surface area contributed by atoms with Gasteiger partial charge in [0.2, 0.25) is 0 Å². The summed E-state index contributed by atoms with van der Waals surface area (Å²) in [5, 5.41) is 94.2. The Bertz CT molecular complexity index is 1530. The van der Waals surface area contributed by atoms with Crippen LogP contribution in [0.5, 0.6) is 34.5 Å². The molecule has 0 aromatic heterocycles. The molecule has 3 unspecified atom stereocenters. The van der Waals surface area contributed by atoms with Crippen molar-refractivity contribution < 1.29 is 70.9 Å². The van der Waals surface area contributed by atoms with Crippen molar-refractivity contribution in [3.05, 3.63) is 70.3 Å². The van der Waals surface area contributed by atoms with Crippen LogP contribution in [0.2, 0.25) is 0 Å². The minimum absolute atomic E-state index is 0. The first kappa shape index (κ1) is 39.7. The number of nitrogens with two attached hydrogens (primary N) is 1. The van der Waals surface area contributed by atoms with E-state index in [0.717, 1.165) is 23.8 Å². The molecule has 5 rings (SSSR count). The predicted octanol–water partition coefficient (Wildman–Crippen LogP) is -0.771. The van der Waals surface area contributed by atoms with Crippen LogP contribution in [0.1, 0.15) is 27.8 Å². The number of aliphatic carboxylic acids is 3. The first-order valence-electron chi connectivity index (χ1n) is 13.6. The third-order valence-electron chi connectivity index (χ3n) is 6.98. The van der Waals surface area contributed by atoms with Crippen molar-refractivity contribution in [2.24, 2.45) is 5.73 Å². The lowest BCUT2D eigenvalue weighted by atomic mass is 9.95. The molecule has 0 radical (unpaired) electrons. The molecule has 17 nitrogen and oxygen atoms in total. The summed E-state index contributed by atoms with van der Waals surface area (Å²) in [6.07, 6.45) is 0.750. The summed E-state index contributed by atoms with van der Waals surface area (Å²) in [6.45, 7) is 0.646. The number of rotatable bonds is 5. The van der Waals surface area contributed by atoms with Crippen molar-refractivity contribution in [3.8, 4) is 34.5 Å². The molecule has 0 amide bonds. The van der Waals surface area contributed by atoms with Gasteiger partial charge in [0.15, 0.2) is 34.5 Å². The second kappa shape index (κ2) is 18.0. The van der Waals surface area contributed by atoms with E-state index in [9.17, 15) is 34.8 Å². The van der Waals surface area contributed by atoms with E-state index in [4.69, 9.17) is 36.4 Å². The van der Waals surface area contributed by atoms with E-state index in [0.29, 0.717) is 30.5 Å². The first-order valence-corrected chi connectivity index (χ1v) is 13.6. The zero-order chi connectivity index (χ0) is 34.7. The third kappa shape index (κ3) is 10.9. The van der Waals surface area contributed by atoms with Crippen molar-refractivity contribution >= 4 is 17.9 Å². The molecule has 0 saturated heterocycles. The van der Waals surface area contributed by atoms with E-state index in [1.807, 2.05) is 0 Å². The number of carboxylic acid groups (broad SMARTS) is 3. The van der Waals surface area contributed by atoms with Crippen molar-refractivity contribution in [2.75, 3.05) is 7.11 Å². The maximum atomic E-state index is 10.7. The molecular weight excluding hydrogens is 626 g/mol. The molecule has 0 aliphatic carbocycles. The number of hydrogen-bond donors (Lipinski definition) is 13. The number of carboxylic acids is 3. The molecule has 2 aliphatic heterocycles. The van der Waals surface area contributed by atoms with Crippen molar-refractivity contribution in [2.45, 2.75) is 50.5 Å². The quantitative estimate of drug-likeness (QED) is 0.149. The van der Waals surface area contributed by atoms with Crippen molar-refractivity contribution in [1.82, 2.24) is 10.6 Å². The third-order valence-corrected chi connectivity index (χ3v) is 6.98. The summed E-state index contributed by atoms with van der Waals surface area (Å²) in [5.74, 6) is -4.16. The molecule has 0 bridgehead atoms. The average molecular weight is 666 g/mol. The number of fused-ring (bicyclic) bond motifs is 2. The van der Waals surface area contributed by atoms with Crippen molar-refractivity contribution in [1.29, 1.82) is 0 Å². The summed E-state index contributed by atoms with van der Waals surface area (Å²) in [7, 11) is 1.00. The fraction of sp³-hybridized carbons (Fsp3) is 0.300. The number of benzene rings is 3. The second-order valence-corrected chi connectivity index (χ2v) is 10.1. The van der Waals surface area contributed by atoms with Crippen LogP contribution in [-0.4, -0.2) is 99.7 Å². The number of aromatic hydroxyl groups is 6. The van der Waals surface area contributed by atoms with Crippen LogP contribution in [0.15, 0.2) is 42.5 Å². The van der Waals surface area contributed by atoms with Gasteiger partial charge in [0, 0.05) is 25.8 Å². The Hall–Kier alpha value is -5.33. The molecule has 16 N–H and O–H groups in total. The van der Waals surface area contributed by atoms with Gasteiger partial charge in [0.05, 0.1) is 0 Å². The van der Waals surface area contributed by atoms with Crippen LogP contribution < -0.4 is 16.4 Å². The van der Waals surface area contributed by atoms with Gasteiger partial charge in [-0.3, -0.25) is 19.7 Å². The summed E-state index contributed by atoms with van der Waals surface area (Å²) < 4.78 is 0. The van der Waals surface area contributed by atoms with E-state index in [2.05, 4.69) is 10.6 Å². The molecule has 3 atom stereocenters. The molecule has 3 aromatic rings. The zero-order valence-electron chi connectivity index (χ0n) is 25.1. The Kier molecular flexibility index (Phi) is 15.2. The van der Waals surface area contributed by atoms with Gasteiger partial charge in [0.25, 0.3) is 0 Å². The Labute approximate surface area is 267 Å². The van der Waals surface area contributed by atoms with Gasteiger partial charge in [0.1, 0.15) is 18.1 Å². The summed E-state index contributed by atoms with van der Waals surface area (Å²) in [5.41, 5.74) is 8.78.